The van der Waals surface area contributed by atoms with E-state index < -0.39 is 23.0 Å². The zero-order valence-corrected chi connectivity index (χ0v) is 13.4. The second-order valence-corrected chi connectivity index (χ2v) is 5.23. The van der Waals surface area contributed by atoms with E-state index in [0.717, 1.165) is 10.8 Å². The summed E-state index contributed by atoms with van der Waals surface area (Å²) in [4.78, 5) is 38.0. The Hall–Kier alpha value is -3.94. The van der Waals surface area contributed by atoms with Crippen LogP contribution in [0.15, 0.2) is 75.4 Å². The Morgan fingerprint density at radius 2 is 1.65 bits per heavy atom. The maximum absolute atomic E-state index is 12.0. The van der Waals surface area contributed by atoms with Gasteiger partial charge in [-0.2, -0.15) is 5.10 Å². The van der Waals surface area contributed by atoms with Crippen LogP contribution >= 0.6 is 0 Å². The molecule has 0 saturated heterocycles. The van der Waals surface area contributed by atoms with E-state index in [1.165, 1.54) is 0 Å². The van der Waals surface area contributed by atoms with E-state index in [1.54, 1.807) is 60.7 Å². The van der Waals surface area contributed by atoms with Gasteiger partial charge in [0.05, 0.1) is 11.9 Å². The van der Waals surface area contributed by atoms with Gasteiger partial charge >= 0.3 is 5.69 Å². The predicted molar refractivity (Wildman–Crippen MR) is 95.8 cm³/mol. The second kappa shape index (κ2) is 7.31. The van der Waals surface area contributed by atoms with E-state index in [1.807, 2.05) is 0 Å². The van der Waals surface area contributed by atoms with Gasteiger partial charge in [-0.15, -0.1) is 0 Å². The molecule has 2 aromatic carbocycles. The first-order valence-corrected chi connectivity index (χ1v) is 7.60. The van der Waals surface area contributed by atoms with Crippen molar-refractivity contribution in [1.29, 1.82) is 0 Å². The van der Waals surface area contributed by atoms with Gasteiger partial charge in [0.25, 0.3) is 11.5 Å². The molecule has 130 valence electrons. The number of carbonyl (C=O) groups excluding carboxylic acids is 1. The molecule has 0 aliphatic carbocycles. The maximum atomic E-state index is 12.0. The molecule has 0 bridgehead atoms. The molecule has 0 spiro atoms. The number of aromatic hydroxyl groups is 1. The summed E-state index contributed by atoms with van der Waals surface area (Å²) in [5, 5.41) is 14.0. The SMILES string of the molecule is O=C(N/N=C/c1c(O)n(-c2ccccc2)c(=O)[nH]c1=O)c1ccccc1. The van der Waals surface area contributed by atoms with E-state index in [4.69, 9.17) is 0 Å². The Morgan fingerprint density at radius 3 is 2.31 bits per heavy atom. The smallest absolute Gasteiger partial charge is 0.335 e. The fraction of sp³-hybridized carbons (Fsp3) is 0. The van der Waals surface area contributed by atoms with E-state index in [0.29, 0.717) is 11.3 Å². The molecule has 0 aliphatic heterocycles. The largest absolute Gasteiger partial charge is 0.493 e. The molecular weight excluding hydrogens is 336 g/mol. The number of nitrogens with one attached hydrogen (secondary N) is 2. The molecule has 26 heavy (non-hydrogen) atoms. The molecule has 8 nitrogen and oxygen atoms in total. The van der Waals surface area contributed by atoms with E-state index in [-0.39, 0.29) is 5.56 Å². The molecule has 3 aromatic rings. The minimum absolute atomic E-state index is 0.262. The molecule has 1 amide bonds. The van der Waals surface area contributed by atoms with Gasteiger partial charge in [-0.05, 0) is 24.3 Å². The Kier molecular flexibility index (Phi) is 4.75. The van der Waals surface area contributed by atoms with Crippen LogP contribution < -0.4 is 16.7 Å². The maximum Gasteiger partial charge on any atom is 0.335 e. The summed E-state index contributed by atoms with van der Waals surface area (Å²) in [6, 6.07) is 16.7. The third kappa shape index (κ3) is 3.44. The number of hydrogen-bond donors (Lipinski definition) is 3. The molecule has 1 aromatic heterocycles. The van der Waals surface area contributed by atoms with Crippen LogP contribution in [0.4, 0.5) is 0 Å². The molecule has 0 fully saturated rings. The lowest BCUT2D eigenvalue weighted by Crippen LogP contribution is -2.31. The van der Waals surface area contributed by atoms with Crippen molar-refractivity contribution in [2.45, 2.75) is 0 Å². The van der Waals surface area contributed by atoms with Crippen molar-refractivity contribution in [3.8, 4) is 11.6 Å². The standard InChI is InChI=1S/C18H14N4O4/c23-15(12-7-3-1-4-8-12)21-19-11-14-16(24)20-18(26)22(17(14)25)13-9-5-2-6-10-13/h1-11,25H,(H,21,23)(H,20,24,26)/b19-11+. The quantitative estimate of drug-likeness (QED) is 0.481. The summed E-state index contributed by atoms with van der Waals surface area (Å²) in [7, 11) is 0. The lowest BCUT2D eigenvalue weighted by molar-refractivity contribution is 0.0955. The zero-order chi connectivity index (χ0) is 18.5. The molecule has 0 radical (unpaired) electrons. The summed E-state index contributed by atoms with van der Waals surface area (Å²) < 4.78 is 0.932. The molecule has 3 N–H and O–H groups in total. The van der Waals surface area contributed by atoms with Crippen molar-refractivity contribution in [3.63, 3.8) is 0 Å². The van der Waals surface area contributed by atoms with Crippen LogP contribution in [0.1, 0.15) is 15.9 Å². The Balaban J connectivity index is 1.92. The predicted octanol–water partition coefficient (Wildman–Crippen LogP) is 0.995. The highest BCUT2D eigenvalue weighted by molar-refractivity contribution is 5.94. The third-order valence-corrected chi connectivity index (χ3v) is 3.53. The highest BCUT2D eigenvalue weighted by atomic mass is 16.3. The minimum atomic E-state index is -0.822. The molecule has 8 heteroatoms. The van der Waals surface area contributed by atoms with Crippen LogP contribution in [0.2, 0.25) is 0 Å². The van der Waals surface area contributed by atoms with Crippen LogP contribution in [0.25, 0.3) is 5.69 Å². The van der Waals surface area contributed by atoms with Gasteiger partial charge in [0.1, 0.15) is 5.56 Å². The fourth-order valence-electron chi connectivity index (χ4n) is 2.28. The first-order valence-electron chi connectivity index (χ1n) is 7.60. The summed E-state index contributed by atoms with van der Waals surface area (Å²) in [6.45, 7) is 0. The molecule has 0 aliphatic rings. The van der Waals surface area contributed by atoms with Crippen molar-refractivity contribution < 1.29 is 9.90 Å². The average Bonchev–Trinajstić information content (AvgIpc) is 2.65. The van der Waals surface area contributed by atoms with Crippen LogP contribution in [-0.2, 0) is 0 Å². The molecule has 3 rings (SSSR count). The summed E-state index contributed by atoms with van der Waals surface area (Å²) in [5.41, 5.74) is 1.14. The number of carbonyl (C=O) groups is 1. The summed E-state index contributed by atoms with van der Waals surface area (Å²) in [6.07, 6.45) is 0.980. The molecule has 1 heterocycles. The first-order chi connectivity index (χ1) is 12.6. The molecule has 0 saturated carbocycles. The van der Waals surface area contributed by atoms with E-state index in [2.05, 4.69) is 15.5 Å². The lowest BCUT2D eigenvalue weighted by Gasteiger charge is -2.09. The first kappa shape index (κ1) is 16.9. The lowest BCUT2D eigenvalue weighted by atomic mass is 10.2. The van der Waals surface area contributed by atoms with E-state index in [9.17, 15) is 19.5 Å². The van der Waals surface area contributed by atoms with E-state index >= 15 is 0 Å². The fourth-order valence-corrected chi connectivity index (χ4v) is 2.28. The third-order valence-electron chi connectivity index (χ3n) is 3.53. The highest BCUT2D eigenvalue weighted by Gasteiger charge is 2.14. The van der Waals surface area contributed by atoms with Crippen molar-refractivity contribution in [3.05, 3.63) is 92.6 Å². The topological polar surface area (TPSA) is 117 Å². The van der Waals surface area contributed by atoms with Crippen LogP contribution in [0.5, 0.6) is 5.88 Å². The Labute approximate surface area is 147 Å². The van der Waals surface area contributed by atoms with Gasteiger partial charge < -0.3 is 5.11 Å². The van der Waals surface area contributed by atoms with Crippen molar-refractivity contribution in [2.24, 2.45) is 5.10 Å². The number of benzene rings is 2. The average molecular weight is 350 g/mol. The van der Waals surface area contributed by atoms with Gasteiger partial charge in [0.2, 0.25) is 5.88 Å². The van der Waals surface area contributed by atoms with Gasteiger partial charge in [-0.3, -0.25) is 14.6 Å². The number of hydrazone groups is 1. The number of H-pyrrole nitrogens is 1. The Bertz CT molecular complexity index is 1070. The number of rotatable bonds is 4. The number of aromatic amines is 1. The van der Waals surface area contributed by atoms with Gasteiger partial charge in [0.15, 0.2) is 0 Å². The van der Waals surface area contributed by atoms with Crippen LogP contribution in [0.3, 0.4) is 0 Å². The molecular formula is C18H14N4O4. The Morgan fingerprint density at radius 1 is 1.04 bits per heavy atom. The molecule has 0 atom stereocenters. The number of para-hydroxylation sites is 1. The number of nitrogens with zero attached hydrogens (tertiary/aromatic N) is 2. The normalized spacial score (nSPS) is 10.8. The highest BCUT2D eigenvalue weighted by Crippen LogP contribution is 2.14. The minimum Gasteiger partial charge on any atom is -0.493 e. The summed E-state index contributed by atoms with van der Waals surface area (Å²) >= 11 is 0. The number of amides is 1. The van der Waals surface area contributed by atoms with Gasteiger partial charge in [-0.1, -0.05) is 36.4 Å². The second-order valence-electron chi connectivity index (χ2n) is 5.23. The molecule has 0 unspecified atom stereocenters. The van der Waals surface area contributed by atoms with Gasteiger partial charge in [0, 0.05) is 5.56 Å². The van der Waals surface area contributed by atoms with Crippen LogP contribution in [-0.4, -0.2) is 26.8 Å². The van der Waals surface area contributed by atoms with Crippen molar-refractivity contribution in [1.82, 2.24) is 15.0 Å². The van der Waals surface area contributed by atoms with Crippen LogP contribution in [0, 0.1) is 0 Å². The van der Waals surface area contributed by atoms with Gasteiger partial charge in [-0.25, -0.2) is 14.8 Å². The number of hydrogen-bond acceptors (Lipinski definition) is 5. The zero-order valence-electron chi connectivity index (χ0n) is 13.4. The monoisotopic (exact) mass is 350 g/mol. The van der Waals surface area contributed by atoms with Crippen molar-refractivity contribution in [2.75, 3.05) is 0 Å². The van der Waals surface area contributed by atoms with Crippen molar-refractivity contribution >= 4 is 12.1 Å². The summed E-state index contributed by atoms with van der Waals surface area (Å²) in [5.74, 6) is -1.06. The number of aromatic nitrogens is 2.